The predicted molar refractivity (Wildman–Crippen MR) is 62.4 cm³/mol. The lowest BCUT2D eigenvalue weighted by molar-refractivity contribution is -0.141. The van der Waals surface area contributed by atoms with Gasteiger partial charge >= 0.3 is 5.97 Å². The van der Waals surface area contributed by atoms with Crippen LogP contribution in [0.1, 0.15) is 30.9 Å². The van der Waals surface area contributed by atoms with Crippen LogP contribution in [0.25, 0.3) is 0 Å². The fourth-order valence-electron chi connectivity index (χ4n) is 1.81. The first-order valence-corrected chi connectivity index (χ1v) is 5.41. The predicted octanol–water partition coefficient (Wildman–Crippen LogP) is 2.18. The Morgan fingerprint density at radius 2 is 1.94 bits per heavy atom. The van der Waals surface area contributed by atoms with Gasteiger partial charge < -0.3 is 10.2 Å². The molecular weight excluding hydrogens is 204 g/mol. The van der Waals surface area contributed by atoms with Crippen LogP contribution in [0.3, 0.4) is 0 Å². The van der Waals surface area contributed by atoms with Crippen molar-refractivity contribution in [1.29, 1.82) is 0 Å². The number of aliphatic carboxylic acids is 1. The molecule has 0 heterocycles. The maximum atomic E-state index is 11.2. The molecule has 0 radical (unpaired) electrons. The van der Waals surface area contributed by atoms with Gasteiger partial charge in [-0.3, -0.25) is 4.79 Å². The first-order valence-electron chi connectivity index (χ1n) is 5.41. The Hall–Kier alpha value is -1.35. The summed E-state index contributed by atoms with van der Waals surface area (Å²) in [6, 6.07) is 7.42. The van der Waals surface area contributed by atoms with Gasteiger partial charge in [0.2, 0.25) is 0 Å². The molecule has 0 aliphatic rings. The highest BCUT2D eigenvalue weighted by Gasteiger charge is 2.29. The topological polar surface area (TPSA) is 57.5 Å². The Morgan fingerprint density at radius 1 is 1.31 bits per heavy atom. The van der Waals surface area contributed by atoms with Crippen molar-refractivity contribution in [2.24, 2.45) is 5.92 Å². The highest BCUT2D eigenvalue weighted by atomic mass is 16.4. The second kappa shape index (κ2) is 5.12. The molecule has 3 atom stereocenters. The molecule has 88 valence electrons. The number of benzene rings is 1. The third-order valence-electron chi connectivity index (χ3n) is 2.95. The molecule has 2 N–H and O–H groups in total. The Bertz CT molecular complexity index is 371. The zero-order valence-electron chi connectivity index (χ0n) is 9.84. The second-order valence-electron chi connectivity index (χ2n) is 4.33. The van der Waals surface area contributed by atoms with Gasteiger partial charge in [-0.15, -0.1) is 0 Å². The van der Waals surface area contributed by atoms with E-state index in [1.165, 1.54) is 0 Å². The lowest BCUT2D eigenvalue weighted by Crippen LogP contribution is -2.27. The third-order valence-corrected chi connectivity index (χ3v) is 2.95. The van der Waals surface area contributed by atoms with Crippen LogP contribution >= 0.6 is 0 Å². The van der Waals surface area contributed by atoms with E-state index < -0.39 is 18.0 Å². The summed E-state index contributed by atoms with van der Waals surface area (Å²) < 4.78 is 0. The Labute approximate surface area is 95.7 Å². The summed E-state index contributed by atoms with van der Waals surface area (Å²) in [6.45, 7) is 5.30. The van der Waals surface area contributed by atoms with Gasteiger partial charge in [0.1, 0.15) is 0 Å². The second-order valence-corrected chi connectivity index (χ2v) is 4.33. The number of carboxylic acids is 1. The molecule has 1 rings (SSSR count). The van der Waals surface area contributed by atoms with Gasteiger partial charge in [0, 0.05) is 0 Å². The molecule has 1 aromatic rings. The van der Waals surface area contributed by atoms with Gasteiger partial charge in [-0.05, 0) is 25.3 Å². The van der Waals surface area contributed by atoms with E-state index in [2.05, 4.69) is 0 Å². The summed E-state index contributed by atoms with van der Waals surface area (Å²) in [4.78, 5) is 11.2. The molecule has 0 amide bonds. The van der Waals surface area contributed by atoms with Crippen molar-refractivity contribution in [3.8, 4) is 0 Å². The van der Waals surface area contributed by atoms with Gasteiger partial charge in [0.05, 0.1) is 12.0 Å². The third kappa shape index (κ3) is 2.83. The summed E-state index contributed by atoms with van der Waals surface area (Å²) in [6.07, 6.45) is -0.637. The lowest BCUT2D eigenvalue weighted by atomic mass is 9.84. The zero-order valence-corrected chi connectivity index (χ0v) is 9.84. The van der Waals surface area contributed by atoms with Crippen molar-refractivity contribution in [3.05, 3.63) is 35.4 Å². The maximum absolute atomic E-state index is 11.2. The molecule has 3 nitrogen and oxygen atoms in total. The number of rotatable bonds is 4. The molecule has 16 heavy (non-hydrogen) atoms. The SMILES string of the molecule is Cc1cccc(C(C(=O)O)C(C)C(C)O)c1. The molecule has 1 aromatic carbocycles. The highest BCUT2D eigenvalue weighted by Crippen LogP contribution is 2.27. The number of aliphatic hydroxyl groups is 1. The molecule has 0 saturated heterocycles. The van der Waals surface area contributed by atoms with Gasteiger partial charge in [-0.1, -0.05) is 36.8 Å². The minimum absolute atomic E-state index is 0.306. The standard InChI is InChI=1S/C13H18O3/c1-8-5-4-6-11(7-8)12(13(15)16)9(2)10(3)14/h4-7,9-10,12,14H,1-3H3,(H,15,16). The highest BCUT2D eigenvalue weighted by molar-refractivity contribution is 5.76. The van der Waals surface area contributed by atoms with Crippen LogP contribution in [0.15, 0.2) is 24.3 Å². The molecule has 0 aliphatic carbocycles. The summed E-state index contributed by atoms with van der Waals surface area (Å²) in [5.41, 5.74) is 1.78. The number of hydrogen-bond donors (Lipinski definition) is 2. The molecule has 0 saturated carbocycles. The fourth-order valence-corrected chi connectivity index (χ4v) is 1.81. The number of hydrogen-bond acceptors (Lipinski definition) is 2. The molecular formula is C13H18O3. The van der Waals surface area contributed by atoms with Gasteiger partial charge in [0.15, 0.2) is 0 Å². The van der Waals surface area contributed by atoms with Crippen LogP contribution < -0.4 is 0 Å². The zero-order chi connectivity index (χ0) is 12.3. The number of aryl methyl sites for hydroxylation is 1. The van der Waals surface area contributed by atoms with Crippen molar-refractivity contribution in [2.45, 2.75) is 32.8 Å². The van der Waals surface area contributed by atoms with E-state index in [0.29, 0.717) is 0 Å². The molecule has 0 aromatic heterocycles. The summed E-state index contributed by atoms with van der Waals surface area (Å²) in [5.74, 6) is -1.85. The van der Waals surface area contributed by atoms with Crippen LogP contribution in [0, 0.1) is 12.8 Å². The minimum Gasteiger partial charge on any atom is -0.481 e. The van der Waals surface area contributed by atoms with Crippen LogP contribution in [0.2, 0.25) is 0 Å². The molecule has 0 spiro atoms. The molecule has 0 bridgehead atoms. The van der Waals surface area contributed by atoms with Crippen LogP contribution in [0.4, 0.5) is 0 Å². The van der Waals surface area contributed by atoms with E-state index in [4.69, 9.17) is 0 Å². The quantitative estimate of drug-likeness (QED) is 0.821. The van der Waals surface area contributed by atoms with E-state index in [1.54, 1.807) is 19.9 Å². The van der Waals surface area contributed by atoms with Crippen molar-refractivity contribution >= 4 is 5.97 Å². The van der Waals surface area contributed by atoms with Gasteiger partial charge in [0.25, 0.3) is 0 Å². The Kier molecular flexibility index (Phi) is 4.07. The first kappa shape index (κ1) is 12.7. The molecule has 3 unspecified atom stereocenters. The Morgan fingerprint density at radius 3 is 2.38 bits per heavy atom. The largest absolute Gasteiger partial charge is 0.481 e. The van der Waals surface area contributed by atoms with Crippen LogP contribution in [-0.4, -0.2) is 22.3 Å². The number of carbonyl (C=O) groups is 1. The van der Waals surface area contributed by atoms with Crippen molar-refractivity contribution in [1.82, 2.24) is 0 Å². The van der Waals surface area contributed by atoms with E-state index in [9.17, 15) is 15.0 Å². The van der Waals surface area contributed by atoms with E-state index in [1.807, 2.05) is 25.1 Å². The lowest BCUT2D eigenvalue weighted by Gasteiger charge is -2.23. The van der Waals surface area contributed by atoms with E-state index in [0.717, 1.165) is 11.1 Å². The summed E-state index contributed by atoms with van der Waals surface area (Å²) in [5, 5.41) is 18.7. The van der Waals surface area contributed by atoms with Crippen molar-refractivity contribution in [3.63, 3.8) is 0 Å². The van der Waals surface area contributed by atoms with E-state index in [-0.39, 0.29) is 5.92 Å². The average Bonchev–Trinajstić information content (AvgIpc) is 2.17. The normalized spacial score (nSPS) is 16.5. The summed E-state index contributed by atoms with van der Waals surface area (Å²) in [7, 11) is 0. The number of aliphatic hydroxyl groups excluding tert-OH is 1. The van der Waals surface area contributed by atoms with Crippen LogP contribution in [0.5, 0.6) is 0 Å². The molecule has 0 fully saturated rings. The van der Waals surface area contributed by atoms with Crippen molar-refractivity contribution in [2.75, 3.05) is 0 Å². The van der Waals surface area contributed by atoms with Gasteiger partial charge in [-0.25, -0.2) is 0 Å². The average molecular weight is 222 g/mol. The fraction of sp³-hybridized carbons (Fsp3) is 0.462. The monoisotopic (exact) mass is 222 g/mol. The smallest absolute Gasteiger partial charge is 0.311 e. The van der Waals surface area contributed by atoms with Crippen molar-refractivity contribution < 1.29 is 15.0 Å². The summed E-state index contributed by atoms with van der Waals surface area (Å²) >= 11 is 0. The van der Waals surface area contributed by atoms with Gasteiger partial charge in [-0.2, -0.15) is 0 Å². The molecule has 0 aliphatic heterocycles. The van der Waals surface area contributed by atoms with Crippen LogP contribution in [-0.2, 0) is 4.79 Å². The molecule has 3 heteroatoms. The number of carboxylic acid groups (broad SMARTS) is 1. The minimum atomic E-state index is -0.890. The Balaban J connectivity index is 3.08. The maximum Gasteiger partial charge on any atom is 0.311 e. The first-order chi connectivity index (χ1) is 7.43. The van der Waals surface area contributed by atoms with E-state index >= 15 is 0 Å².